The number of aromatic nitrogens is 1. The number of fused-ring (bicyclic) bond motifs is 1. The van der Waals surface area contributed by atoms with Gasteiger partial charge in [-0.15, -0.1) is 0 Å². The number of carbonyl (C=O) groups excluding carboxylic acids is 2. The Morgan fingerprint density at radius 2 is 1.73 bits per heavy atom. The fourth-order valence-electron chi connectivity index (χ4n) is 3.34. The topological polar surface area (TPSA) is 77.5 Å². The van der Waals surface area contributed by atoms with Crippen molar-refractivity contribution in [2.75, 3.05) is 14.2 Å². The van der Waals surface area contributed by atoms with E-state index in [4.69, 9.17) is 14.5 Å². The molecule has 1 aromatic heterocycles. The quantitative estimate of drug-likeness (QED) is 0.594. The molecule has 0 aliphatic heterocycles. The van der Waals surface area contributed by atoms with Crippen LogP contribution in [0.15, 0.2) is 54.6 Å². The molecule has 0 fully saturated rings. The highest BCUT2D eigenvalue weighted by Crippen LogP contribution is 2.26. The van der Waals surface area contributed by atoms with Crippen LogP contribution in [0.4, 0.5) is 0 Å². The Hall–Kier alpha value is -3.41. The molecule has 0 aliphatic carbocycles. The molecule has 0 saturated heterocycles. The number of benzene rings is 2. The van der Waals surface area contributed by atoms with E-state index in [1.165, 1.54) is 7.11 Å². The maximum absolute atomic E-state index is 13.2. The predicted molar refractivity (Wildman–Crippen MR) is 116 cm³/mol. The van der Waals surface area contributed by atoms with E-state index in [0.29, 0.717) is 23.2 Å². The van der Waals surface area contributed by atoms with Crippen molar-refractivity contribution in [1.82, 2.24) is 10.3 Å². The van der Waals surface area contributed by atoms with Crippen LogP contribution in [0.1, 0.15) is 30.6 Å². The van der Waals surface area contributed by atoms with E-state index in [1.807, 2.05) is 62.4 Å². The van der Waals surface area contributed by atoms with Gasteiger partial charge in [0.1, 0.15) is 11.8 Å². The van der Waals surface area contributed by atoms with Crippen molar-refractivity contribution in [2.24, 2.45) is 5.92 Å². The number of amides is 1. The number of nitrogens with zero attached hydrogens (tertiary/aromatic N) is 1. The van der Waals surface area contributed by atoms with Crippen LogP contribution in [-0.4, -0.2) is 37.1 Å². The standard InChI is InChI=1S/C24H26N2O4/c1-15(2)13-22(24(28)30-4)26-23(27)19-14-21(16-9-11-17(29-3)12-10-16)25-20-8-6-5-7-18(19)20/h5-12,14-15,22H,13H2,1-4H3,(H,26,27). The summed E-state index contributed by atoms with van der Waals surface area (Å²) in [4.78, 5) is 30.1. The molecule has 1 N–H and O–H groups in total. The number of hydrogen-bond acceptors (Lipinski definition) is 5. The van der Waals surface area contributed by atoms with Gasteiger partial charge < -0.3 is 14.8 Å². The van der Waals surface area contributed by atoms with Gasteiger partial charge in [0.05, 0.1) is 31.0 Å². The molecule has 1 heterocycles. The number of nitrogens with one attached hydrogen (secondary N) is 1. The fraction of sp³-hybridized carbons (Fsp3) is 0.292. The lowest BCUT2D eigenvalue weighted by Crippen LogP contribution is -2.42. The highest BCUT2D eigenvalue weighted by atomic mass is 16.5. The van der Waals surface area contributed by atoms with Crippen molar-refractivity contribution >= 4 is 22.8 Å². The number of methoxy groups -OCH3 is 2. The van der Waals surface area contributed by atoms with Crippen LogP contribution in [0.3, 0.4) is 0 Å². The van der Waals surface area contributed by atoms with Crippen LogP contribution in [0.5, 0.6) is 5.75 Å². The zero-order chi connectivity index (χ0) is 21.7. The molecule has 1 unspecified atom stereocenters. The van der Waals surface area contributed by atoms with Gasteiger partial charge in [-0.1, -0.05) is 32.0 Å². The summed E-state index contributed by atoms with van der Waals surface area (Å²) in [7, 11) is 2.94. The Morgan fingerprint density at radius 3 is 2.37 bits per heavy atom. The van der Waals surface area contributed by atoms with E-state index in [0.717, 1.165) is 16.7 Å². The van der Waals surface area contributed by atoms with Crippen LogP contribution in [0.2, 0.25) is 0 Å². The van der Waals surface area contributed by atoms with Gasteiger partial charge in [-0.3, -0.25) is 4.79 Å². The molecular weight excluding hydrogens is 380 g/mol. The lowest BCUT2D eigenvalue weighted by molar-refractivity contribution is -0.143. The molecule has 156 valence electrons. The molecule has 30 heavy (non-hydrogen) atoms. The molecule has 0 radical (unpaired) electrons. The first kappa shape index (κ1) is 21.3. The van der Waals surface area contributed by atoms with Gasteiger partial charge >= 0.3 is 5.97 Å². The van der Waals surface area contributed by atoms with E-state index < -0.39 is 12.0 Å². The number of pyridine rings is 1. The maximum Gasteiger partial charge on any atom is 0.328 e. The van der Waals surface area contributed by atoms with Crippen molar-refractivity contribution in [2.45, 2.75) is 26.3 Å². The van der Waals surface area contributed by atoms with Crippen molar-refractivity contribution in [1.29, 1.82) is 0 Å². The second kappa shape index (κ2) is 9.39. The minimum atomic E-state index is -0.709. The summed E-state index contributed by atoms with van der Waals surface area (Å²) in [6.45, 7) is 3.98. The third-order valence-electron chi connectivity index (χ3n) is 4.84. The van der Waals surface area contributed by atoms with Gasteiger partial charge in [-0.05, 0) is 48.7 Å². The number of rotatable bonds is 7. The van der Waals surface area contributed by atoms with Crippen molar-refractivity contribution in [3.8, 4) is 17.0 Å². The summed E-state index contributed by atoms with van der Waals surface area (Å²) in [5, 5.41) is 3.57. The molecule has 6 heteroatoms. The van der Waals surface area contributed by atoms with Crippen LogP contribution < -0.4 is 10.1 Å². The van der Waals surface area contributed by atoms with E-state index in [9.17, 15) is 9.59 Å². The molecule has 1 atom stereocenters. The number of hydrogen-bond donors (Lipinski definition) is 1. The summed E-state index contributed by atoms with van der Waals surface area (Å²) < 4.78 is 10.1. The Balaban J connectivity index is 2.02. The zero-order valence-electron chi connectivity index (χ0n) is 17.6. The largest absolute Gasteiger partial charge is 0.497 e. The third-order valence-corrected chi connectivity index (χ3v) is 4.84. The summed E-state index contributed by atoms with van der Waals surface area (Å²) in [6, 6.07) is 16.0. The highest BCUT2D eigenvalue weighted by Gasteiger charge is 2.24. The minimum absolute atomic E-state index is 0.221. The van der Waals surface area contributed by atoms with Gasteiger partial charge in [0.15, 0.2) is 0 Å². The number of para-hydroxylation sites is 1. The van der Waals surface area contributed by atoms with Gasteiger partial charge in [-0.25, -0.2) is 9.78 Å². The van der Waals surface area contributed by atoms with Crippen LogP contribution in [0, 0.1) is 5.92 Å². The van der Waals surface area contributed by atoms with E-state index in [-0.39, 0.29) is 11.8 Å². The van der Waals surface area contributed by atoms with Gasteiger partial charge in [0.25, 0.3) is 5.91 Å². The molecular formula is C24H26N2O4. The molecule has 0 bridgehead atoms. The lowest BCUT2D eigenvalue weighted by Gasteiger charge is -2.19. The van der Waals surface area contributed by atoms with Crippen LogP contribution in [0.25, 0.3) is 22.2 Å². The Labute approximate surface area is 176 Å². The Morgan fingerprint density at radius 1 is 1.03 bits per heavy atom. The average Bonchev–Trinajstić information content (AvgIpc) is 2.77. The summed E-state index contributed by atoms with van der Waals surface area (Å²) in [6.07, 6.45) is 0.493. The molecule has 1 amide bonds. The van der Waals surface area contributed by atoms with E-state index in [2.05, 4.69) is 5.32 Å². The molecule has 0 saturated carbocycles. The summed E-state index contributed by atoms with van der Waals surface area (Å²) >= 11 is 0. The summed E-state index contributed by atoms with van der Waals surface area (Å²) in [5.74, 6) is 0.177. The predicted octanol–water partition coefficient (Wildman–Crippen LogP) is 4.23. The first-order valence-corrected chi connectivity index (χ1v) is 9.85. The van der Waals surface area contributed by atoms with Crippen molar-refractivity contribution in [3.05, 3.63) is 60.2 Å². The zero-order valence-corrected chi connectivity index (χ0v) is 17.6. The van der Waals surface area contributed by atoms with Crippen LogP contribution in [-0.2, 0) is 9.53 Å². The van der Waals surface area contributed by atoms with Gasteiger partial charge in [0, 0.05) is 10.9 Å². The first-order chi connectivity index (χ1) is 14.4. The van der Waals surface area contributed by atoms with Gasteiger partial charge in [-0.2, -0.15) is 0 Å². The van der Waals surface area contributed by atoms with Crippen molar-refractivity contribution < 1.29 is 19.1 Å². The number of carbonyl (C=O) groups is 2. The Kier molecular flexibility index (Phi) is 6.67. The summed E-state index contributed by atoms with van der Waals surface area (Å²) in [5.41, 5.74) is 2.70. The smallest absolute Gasteiger partial charge is 0.328 e. The van der Waals surface area contributed by atoms with Gasteiger partial charge in [0.2, 0.25) is 0 Å². The number of esters is 1. The first-order valence-electron chi connectivity index (χ1n) is 9.85. The molecule has 0 spiro atoms. The molecule has 0 aliphatic rings. The monoisotopic (exact) mass is 406 g/mol. The second-order valence-electron chi connectivity index (χ2n) is 7.48. The highest BCUT2D eigenvalue weighted by molar-refractivity contribution is 6.08. The SMILES string of the molecule is COC(=O)C(CC(C)C)NC(=O)c1cc(-c2ccc(OC)cc2)nc2ccccc12. The number of ether oxygens (including phenoxy) is 2. The fourth-order valence-corrected chi connectivity index (χ4v) is 3.34. The minimum Gasteiger partial charge on any atom is -0.497 e. The van der Waals surface area contributed by atoms with E-state index >= 15 is 0 Å². The second-order valence-corrected chi connectivity index (χ2v) is 7.48. The molecule has 3 rings (SSSR count). The Bertz CT molecular complexity index is 1040. The van der Waals surface area contributed by atoms with Crippen LogP contribution >= 0.6 is 0 Å². The molecule has 6 nitrogen and oxygen atoms in total. The van der Waals surface area contributed by atoms with Crippen molar-refractivity contribution in [3.63, 3.8) is 0 Å². The molecule has 2 aromatic carbocycles. The maximum atomic E-state index is 13.2. The normalized spacial score (nSPS) is 11.9. The lowest BCUT2D eigenvalue weighted by atomic mass is 10.0. The average molecular weight is 406 g/mol. The molecule has 3 aromatic rings. The van der Waals surface area contributed by atoms with E-state index in [1.54, 1.807) is 13.2 Å². The third kappa shape index (κ3) is 4.76.